The molecule has 0 saturated carbocycles. The van der Waals surface area contributed by atoms with Crippen molar-refractivity contribution in [3.05, 3.63) is 52.8 Å². The number of anilines is 2. The topological polar surface area (TPSA) is 119 Å². The number of nitrogens with zero attached hydrogens (tertiary/aromatic N) is 2. The number of aromatic hydroxyl groups is 1. The van der Waals surface area contributed by atoms with Crippen LogP contribution in [0.4, 0.5) is 15.8 Å². The third-order valence-electron chi connectivity index (χ3n) is 5.06. The predicted molar refractivity (Wildman–Crippen MR) is 107 cm³/mol. The minimum absolute atomic E-state index is 0.273. The number of fused-ring (bicyclic) bond motifs is 1. The number of phenols is 1. The summed E-state index contributed by atoms with van der Waals surface area (Å²) in [6.07, 6.45) is 0. The maximum Gasteiger partial charge on any atom is 0.417 e. The van der Waals surface area contributed by atoms with Crippen molar-refractivity contribution in [2.24, 2.45) is 0 Å². The van der Waals surface area contributed by atoms with Crippen LogP contribution in [-0.2, 0) is 9.59 Å². The summed E-state index contributed by atoms with van der Waals surface area (Å²) in [5, 5.41) is 12.1. The third-order valence-corrected chi connectivity index (χ3v) is 5.06. The maximum atomic E-state index is 13.3. The number of hydrogen-bond acceptors (Lipinski definition) is 6. The Labute approximate surface area is 169 Å². The van der Waals surface area contributed by atoms with Crippen LogP contribution in [0.3, 0.4) is 0 Å². The molecule has 10 heteroatoms. The van der Waals surface area contributed by atoms with Gasteiger partial charge in [0, 0.05) is 49.2 Å². The van der Waals surface area contributed by atoms with Crippen LogP contribution < -0.4 is 16.0 Å². The van der Waals surface area contributed by atoms with Crippen LogP contribution in [0.15, 0.2) is 45.6 Å². The summed E-state index contributed by atoms with van der Waals surface area (Å²) in [5.74, 6) is -3.22. The number of aromatic amines is 1. The molecule has 0 radical (unpaired) electrons. The highest BCUT2D eigenvalue weighted by Gasteiger charge is 2.31. The number of H-pyrrole nitrogens is 1. The Balaban J connectivity index is 1.42. The van der Waals surface area contributed by atoms with E-state index in [4.69, 9.17) is 4.42 Å². The highest BCUT2D eigenvalue weighted by Crippen LogP contribution is 2.25. The SMILES string of the molecule is CC1CN(c2ccc(F)c(O)c2)CCN1C(=O)C(=O)Nc1ccc2[nH]c(=O)oc2c1. The van der Waals surface area contributed by atoms with Crippen molar-refractivity contribution in [3.8, 4) is 5.75 Å². The minimum atomic E-state index is -0.799. The molecule has 1 unspecified atom stereocenters. The van der Waals surface area contributed by atoms with Gasteiger partial charge in [-0.2, -0.15) is 0 Å². The van der Waals surface area contributed by atoms with Gasteiger partial charge in [0.15, 0.2) is 17.1 Å². The number of amides is 2. The molecule has 1 aliphatic heterocycles. The Bertz CT molecular complexity index is 1190. The molecule has 3 aromatic rings. The number of carbonyl (C=O) groups excluding carboxylic acids is 2. The van der Waals surface area contributed by atoms with Crippen LogP contribution in [-0.4, -0.2) is 52.5 Å². The molecule has 1 aromatic heterocycles. The van der Waals surface area contributed by atoms with Crippen LogP contribution in [0.2, 0.25) is 0 Å². The second-order valence-corrected chi connectivity index (χ2v) is 7.11. The van der Waals surface area contributed by atoms with Crippen molar-refractivity contribution in [2.75, 3.05) is 29.9 Å². The molecule has 9 nitrogen and oxygen atoms in total. The van der Waals surface area contributed by atoms with Crippen LogP contribution in [0, 0.1) is 5.82 Å². The summed E-state index contributed by atoms with van der Waals surface area (Å²) in [4.78, 5) is 42.2. The second kappa shape index (κ2) is 7.54. The van der Waals surface area contributed by atoms with Crippen molar-refractivity contribution in [1.29, 1.82) is 0 Å². The highest BCUT2D eigenvalue weighted by molar-refractivity contribution is 6.39. The number of nitrogens with one attached hydrogen (secondary N) is 2. The van der Waals surface area contributed by atoms with E-state index < -0.39 is 29.1 Å². The number of aromatic nitrogens is 1. The van der Waals surface area contributed by atoms with E-state index in [0.29, 0.717) is 30.0 Å². The van der Waals surface area contributed by atoms with Gasteiger partial charge >= 0.3 is 17.6 Å². The lowest BCUT2D eigenvalue weighted by Crippen LogP contribution is -2.56. The van der Waals surface area contributed by atoms with Crippen molar-refractivity contribution >= 4 is 34.3 Å². The standard InChI is InChI=1S/C20H19FN4O5/c1-11-10-24(13-3-4-14(21)16(26)9-13)6-7-25(11)19(28)18(27)22-12-2-5-15-17(8-12)30-20(29)23-15/h2-5,8-9,11,26H,6-7,10H2,1H3,(H,22,27)(H,23,29). The van der Waals surface area contributed by atoms with E-state index >= 15 is 0 Å². The molecule has 1 fully saturated rings. The molecule has 2 heterocycles. The lowest BCUT2D eigenvalue weighted by atomic mass is 10.1. The Hall–Kier alpha value is -3.82. The molecular formula is C20H19FN4O5. The molecule has 0 spiro atoms. The van der Waals surface area contributed by atoms with E-state index in [-0.39, 0.29) is 18.2 Å². The Morgan fingerprint density at radius 2 is 2.03 bits per heavy atom. The number of rotatable bonds is 2. The van der Waals surface area contributed by atoms with Crippen molar-refractivity contribution in [2.45, 2.75) is 13.0 Å². The van der Waals surface area contributed by atoms with Gasteiger partial charge in [-0.1, -0.05) is 0 Å². The predicted octanol–water partition coefficient (Wildman–Crippen LogP) is 1.64. The fraction of sp³-hybridized carbons (Fsp3) is 0.250. The van der Waals surface area contributed by atoms with Gasteiger partial charge in [-0.15, -0.1) is 0 Å². The summed E-state index contributed by atoms with van der Waals surface area (Å²) in [6.45, 7) is 2.94. The number of oxazole rings is 1. The van der Waals surface area contributed by atoms with Gasteiger partial charge in [0.25, 0.3) is 0 Å². The minimum Gasteiger partial charge on any atom is -0.505 e. The van der Waals surface area contributed by atoms with Gasteiger partial charge in [-0.25, -0.2) is 9.18 Å². The van der Waals surface area contributed by atoms with Crippen molar-refractivity contribution < 1.29 is 23.5 Å². The number of hydrogen-bond donors (Lipinski definition) is 3. The number of halogens is 1. The van der Waals surface area contributed by atoms with Crippen molar-refractivity contribution in [3.63, 3.8) is 0 Å². The number of benzene rings is 2. The first-order chi connectivity index (χ1) is 14.3. The summed E-state index contributed by atoms with van der Waals surface area (Å²) in [6, 6.07) is 8.38. The van der Waals surface area contributed by atoms with E-state index in [1.807, 2.05) is 4.90 Å². The quantitative estimate of drug-likeness (QED) is 0.549. The summed E-state index contributed by atoms with van der Waals surface area (Å²) in [5.41, 5.74) is 1.73. The molecule has 2 aromatic carbocycles. The van der Waals surface area contributed by atoms with Crippen LogP contribution in [0.5, 0.6) is 5.75 Å². The molecule has 1 aliphatic rings. The molecule has 30 heavy (non-hydrogen) atoms. The molecular weight excluding hydrogens is 395 g/mol. The average molecular weight is 414 g/mol. The Morgan fingerprint density at radius 3 is 2.77 bits per heavy atom. The first-order valence-electron chi connectivity index (χ1n) is 9.30. The van der Waals surface area contributed by atoms with E-state index in [1.165, 1.54) is 23.1 Å². The second-order valence-electron chi connectivity index (χ2n) is 7.11. The molecule has 1 saturated heterocycles. The molecule has 3 N–H and O–H groups in total. The monoisotopic (exact) mass is 414 g/mol. The van der Waals surface area contributed by atoms with Gasteiger partial charge in [-0.05, 0) is 31.2 Å². The fourth-order valence-electron chi connectivity index (χ4n) is 3.53. The first-order valence-corrected chi connectivity index (χ1v) is 9.30. The number of phenolic OH excluding ortho intramolecular Hbond substituents is 1. The molecule has 4 rings (SSSR count). The van der Waals surface area contributed by atoms with Gasteiger partial charge in [0.2, 0.25) is 0 Å². The average Bonchev–Trinajstić information content (AvgIpc) is 3.08. The smallest absolute Gasteiger partial charge is 0.417 e. The fourth-order valence-corrected chi connectivity index (χ4v) is 3.53. The molecule has 0 aliphatic carbocycles. The number of carbonyl (C=O) groups is 2. The lowest BCUT2D eigenvalue weighted by molar-refractivity contribution is -0.144. The highest BCUT2D eigenvalue weighted by atomic mass is 19.1. The lowest BCUT2D eigenvalue weighted by Gasteiger charge is -2.40. The molecule has 0 bridgehead atoms. The summed E-state index contributed by atoms with van der Waals surface area (Å²) < 4.78 is 18.2. The van der Waals surface area contributed by atoms with E-state index in [2.05, 4.69) is 10.3 Å². The normalized spacial score (nSPS) is 16.7. The first kappa shape index (κ1) is 19.5. The summed E-state index contributed by atoms with van der Waals surface area (Å²) >= 11 is 0. The zero-order chi connectivity index (χ0) is 21.4. The van der Waals surface area contributed by atoms with E-state index in [1.54, 1.807) is 25.1 Å². The molecule has 1 atom stereocenters. The van der Waals surface area contributed by atoms with Crippen LogP contribution in [0.25, 0.3) is 11.1 Å². The van der Waals surface area contributed by atoms with E-state index in [9.17, 15) is 23.9 Å². The molecule has 156 valence electrons. The number of piperazine rings is 1. The van der Waals surface area contributed by atoms with Gasteiger partial charge in [0.05, 0.1) is 5.52 Å². The molecule has 2 amide bonds. The van der Waals surface area contributed by atoms with Gasteiger partial charge in [-0.3, -0.25) is 14.6 Å². The largest absolute Gasteiger partial charge is 0.505 e. The van der Waals surface area contributed by atoms with Gasteiger partial charge in [0.1, 0.15) is 0 Å². The third kappa shape index (κ3) is 3.71. The summed E-state index contributed by atoms with van der Waals surface area (Å²) in [7, 11) is 0. The van der Waals surface area contributed by atoms with Crippen molar-refractivity contribution in [1.82, 2.24) is 9.88 Å². The Kier molecular flexibility index (Phi) is 4.90. The zero-order valence-corrected chi connectivity index (χ0v) is 16.0. The van der Waals surface area contributed by atoms with Crippen LogP contribution >= 0.6 is 0 Å². The van der Waals surface area contributed by atoms with Gasteiger partial charge < -0.3 is 24.6 Å². The van der Waals surface area contributed by atoms with Crippen LogP contribution in [0.1, 0.15) is 6.92 Å². The Morgan fingerprint density at radius 1 is 1.23 bits per heavy atom. The maximum absolute atomic E-state index is 13.3. The zero-order valence-electron chi connectivity index (χ0n) is 16.0. The van der Waals surface area contributed by atoms with E-state index in [0.717, 1.165) is 0 Å².